The van der Waals surface area contributed by atoms with E-state index in [0.29, 0.717) is 18.8 Å². The molecule has 0 aliphatic rings. The van der Waals surface area contributed by atoms with Crippen molar-refractivity contribution in [3.63, 3.8) is 0 Å². The van der Waals surface area contributed by atoms with Crippen molar-refractivity contribution in [2.24, 2.45) is 0 Å². The van der Waals surface area contributed by atoms with E-state index in [9.17, 15) is 9.59 Å². The fraction of sp³-hybridized carbons (Fsp3) is 0.467. The van der Waals surface area contributed by atoms with Crippen molar-refractivity contribution in [1.82, 2.24) is 10.6 Å². The smallest absolute Gasteiger partial charge is 0.224 e. The minimum atomic E-state index is -0.122. The molecule has 1 aromatic rings. The summed E-state index contributed by atoms with van der Waals surface area (Å²) in [6.45, 7) is 4.14. The Morgan fingerprint density at radius 2 is 1.76 bits per heavy atom. The first-order chi connectivity index (χ1) is 9.99. The highest BCUT2D eigenvalue weighted by Gasteiger charge is 2.13. The summed E-state index contributed by atoms with van der Waals surface area (Å²) in [5, 5.41) is 5.36. The Labute approximate surface area is 124 Å². The fourth-order valence-electron chi connectivity index (χ4n) is 2.05. The molecule has 0 atom stereocenters. The lowest BCUT2D eigenvalue weighted by atomic mass is 10.1. The molecule has 0 bridgehead atoms. The molecule has 116 valence electrons. The summed E-state index contributed by atoms with van der Waals surface area (Å²) in [5.41, 5.74) is 1.66. The van der Waals surface area contributed by atoms with Crippen LogP contribution in [0.5, 0.6) is 11.5 Å². The molecule has 1 rings (SSSR count). The predicted octanol–water partition coefficient (Wildman–Crippen LogP) is 0.807. The van der Waals surface area contributed by atoms with Gasteiger partial charge >= 0.3 is 0 Å². The third kappa shape index (κ3) is 4.98. The fourth-order valence-corrected chi connectivity index (χ4v) is 2.05. The van der Waals surface area contributed by atoms with Gasteiger partial charge < -0.3 is 20.1 Å². The third-order valence-electron chi connectivity index (χ3n) is 3.03. The first-order valence-electron chi connectivity index (χ1n) is 6.71. The van der Waals surface area contributed by atoms with E-state index in [2.05, 4.69) is 10.6 Å². The van der Waals surface area contributed by atoms with Gasteiger partial charge in [-0.1, -0.05) is 6.07 Å². The van der Waals surface area contributed by atoms with Crippen LogP contribution in [-0.4, -0.2) is 39.1 Å². The van der Waals surface area contributed by atoms with Crippen LogP contribution >= 0.6 is 0 Å². The summed E-state index contributed by atoms with van der Waals surface area (Å²) >= 11 is 0. The highest BCUT2D eigenvalue weighted by atomic mass is 16.5. The largest absolute Gasteiger partial charge is 0.496 e. The van der Waals surface area contributed by atoms with Crippen LogP contribution < -0.4 is 20.1 Å². The molecule has 0 aromatic heterocycles. The van der Waals surface area contributed by atoms with Crippen LogP contribution in [0.3, 0.4) is 0 Å². The van der Waals surface area contributed by atoms with Gasteiger partial charge in [0.2, 0.25) is 11.8 Å². The summed E-state index contributed by atoms with van der Waals surface area (Å²) in [7, 11) is 3.16. The lowest BCUT2D eigenvalue weighted by Gasteiger charge is -2.14. The second kappa shape index (κ2) is 8.14. The van der Waals surface area contributed by atoms with Gasteiger partial charge in [-0.05, 0) is 13.0 Å². The Bertz CT molecular complexity index is 515. The van der Waals surface area contributed by atoms with Gasteiger partial charge in [0, 0.05) is 31.1 Å². The third-order valence-corrected chi connectivity index (χ3v) is 3.03. The first kappa shape index (κ1) is 16.8. The molecule has 1 aromatic carbocycles. The number of carbonyl (C=O) groups excluding carboxylic acids is 2. The average Bonchev–Trinajstić information content (AvgIpc) is 2.44. The number of rotatable bonds is 7. The van der Waals surface area contributed by atoms with Crippen molar-refractivity contribution in [2.75, 3.05) is 27.3 Å². The number of benzene rings is 1. The molecule has 2 N–H and O–H groups in total. The zero-order chi connectivity index (χ0) is 15.8. The maximum atomic E-state index is 11.9. The van der Waals surface area contributed by atoms with Gasteiger partial charge in [0.05, 0.1) is 20.6 Å². The molecule has 0 heterocycles. The quantitative estimate of drug-likeness (QED) is 0.730. The zero-order valence-corrected chi connectivity index (χ0v) is 12.9. The Kier molecular flexibility index (Phi) is 6.52. The van der Waals surface area contributed by atoms with Crippen molar-refractivity contribution in [2.45, 2.75) is 20.3 Å². The molecule has 0 saturated heterocycles. The van der Waals surface area contributed by atoms with Crippen LogP contribution in [0.4, 0.5) is 0 Å². The van der Waals surface area contributed by atoms with Crippen LogP contribution in [0, 0.1) is 6.92 Å². The van der Waals surface area contributed by atoms with E-state index in [1.165, 1.54) is 6.92 Å². The van der Waals surface area contributed by atoms with Gasteiger partial charge in [-0.15, -0.1) is 0 Å². The SMILES string of the molecule is COc1ccc(CC(=O)NCCNC(C)=O)c(OC)c1C. The Morgan fingerprint density at radius 3 is 2.33 bits per heavy atom. The van der Waals surface area contributed by atoms with E-state index in [-0.39, 0.29) is 18.2 Å². The van der Waals surface area contributed by atoms with Crippen molar-refractivity contribution in [1.29, 1.82) is 0 Å². The summed E-state index contributed by atoms with van der Waals surface area (Å²) in [4.78, 5) is 22.6. The van der Waals surface area contributed by atoms with Crippen LogP contribution in [0.1, 0.15) is 18.1 Å². The van der Waals surface area contributed by atoms with Gasteiger partial charge in [0.25, 0.3) is 0 Å². The molecule has 21 heavy (non-hydrogen) atoms. The minimum Gasteiger partial charge on any atom is -0.496 e. The lowest BCUT2D eigenvalue weighted by molar-refractivity contribution is -0.121. The second-order valence-electron chi connectivity index (χ2n) is 4.59. The molecule has 6 nitrogen and oxygen atoms in total. The van der Waals surface area contributed by atoms with Crippen molar-refractivity contribution in [3.8, 4) is 11.5 Å². The summed E-state index contributed by atoms with van der Waals surface area (Å²) < 4.78 is 10.6. The molecule has 6 heteroatoms. The van der Waals surface area contributed by atoms with Gasteiger partial charge in [-0.2, -0.15) is 0 Å². The standard InChI is InChI=1S/C15H22N2O4/c1-10-13(20-3)6-5-12(15(10)21-4)9-14(19)17-8-7-16-11(2)18/h5-6H,7-9H2,1-4H3,(H,16,18)(H,17,19). The zero-order valence-electron chi connectivity index (χ0n) is 12.9. The van der Waals surface area contributed by atoms with E-state index in [4.69, 9.17) is 9.47 Å². The normalized spacial score (nSPS) is 9.90. The number of ether oxygens (including phenoxy) is 2. The van der Waals surface area contributed by atoms with Gasteiger partial charge in [0.15, 0.2) is 0 Å². The first-order valence-corrected chi connectivity index (χ1v) is 6.71. The van der Waals surface area contributed by atoms with Crippen LogP contribution in [0.15, 0.2) is 12.1 Å². The van der Waals surface area contributed by atoms with Crippen LogP contribution in [0.2, 0.25) is 0 Å². The Hall–Kier alpha value is -2.24. The molecular weight excluding hydrogens is 272 g/mol. The average molecular weight is 294 g/mol. The van der Waals surface area contributed by atoms with Crippen LogP contribution in [0.25, 0.3) is 0 Å². The summed E-state index contributed by atoms with van der Waals surface area (Å²) in [5.74, 6) is 1.15. The van der Waals surface area contributed by atoms with Crippen molar-refractivity contribution >= 4 is 11.8 Å². The van der Waals surface area contributed by atoms with Gasteiger partial charge in [0.1, 0.15) is 11.5 Å². The molecule has 0 unspecified atom stereocenters. The second-order valence-corrected chi connectivity index (χ2v) is 4.59. The maximum absolute atomic E-state index is 11.9. The highest BCUT2D eigenvalue weighted by molar-refractivity contribution is 5.80. The number of hydrogen-bond acceptors (Lipinski definition) is 4. The molecule has 0 aliphatic heterocycles. The number of hydrogen-bond donors (Lipinski definition) is 2. The van der Waals surface area contributed by atoms with E-state index in [1.807, 2.05) is 19.1 Å². The summed E-state index contributed by atoms with van der Waals surface area (Å²) in [6, 6.07) is 3.63. The minimum absolute atomic E-state index is 0.114. The number of methoxy groups -OCH3 is 2. The highest BCUT2D eigenvalue weighted by Crippen LogP contribution is 2.31. The molecule has 0 saturated carbocycles. The predicted molar refractivity (Wildman–Crippen MR) is 79.7 cm³/mol. The molecule has 0 fully saturated rings. The van der Waals surface area contributed by atoms with E-state index in [1.54, 1.807) is 14.2 Å². The monoisotopic (exact) mass is 294 g/mol. The topological polar surface area (TPSA) is 76.7 Å². The van der Waals surface area contributed by atoms with E-state index < -0.39 is 0 Å². The molecule has 0 radical (unpaired) electrons. The number of carbonyl (C=O) groups is 2. The molecule has 2 amide bonds. The molecular formula is C15H22N2O4. The van der Waals surface area contributed by atoms with Crippen molar-refractivity contribution in [3.05, 3.63) is 23.3 Å². The van der Waals surface area contributed by atoms with Crippen LogP contribution in [-0.2, 0) is 16.0 Å². The Balaban J connectivity index is 2.63. The number of nitrogens with one attached hydrogen (secondary N) is 2. The Morgan fingerprint density at radius 1 is 1.10 bits per heavy atom. The van der Waals surface area contributed by atoms with Gasteiger partial charge in [-0.3, -0.25) is 9.59 Å². The van der Waals surface area contributed by atoms with E-state index >= 15 is 0 Å². The van der Waals surface area contributed by atoms with Gasteiger partial charge in [-0.25, -0.2) is 0 Å². The molecule has 0 spiro atoms. The summed E-state index contributed by atoms with van der Waals surface area (Å²) in [6.07, 6.45) is 0.216. The van der Waals surface area contributed by atoms with E-state index in [0.717, 1.165) is 16.9 Å². The molecule has 0 aliphatic carbocycles. The lowest BCUT2D eigenvalue weighted by Crippen LogP contribution is -2.34. The number of amides is 2. The maximum Gasteiger partial charge on any atom is 0.224 e. The van der Waals surface area contributed by atoms with Crippen molar-refractivity contribution < 1.29 is 19.1 Å².